The number of benzene rings is 2. The monoisotopic (exact) mass is 426 g/mol. The van der Waals surface area contributed by atoms with Crippen LogP contribution < -0.4 is 10.0 Å². The van der Waals surface area contributed by atoms with E-state index < -0.39 is 29.8 Å². The zero-order chi connectivity index (χ0) is 21.2. The van der Waals surface area contributed by atoms with Crippen molar-refractivity contribution in [2.45, 2.75) is 30.7 Å². The van der Waals surface area contributed by atoms with Crippen molar-refractivity contribution in [3.63, 3.8) is 0 Å². The summed E-state index contributed by atoms with van der Waals surface area (Å²) >= 11 is 0. The first-order valence-corrected chi connectivity index (χ1v) is 13.4. The maximum atomic E-state index is 13.4. The second-order valence-electron chi connectivity index (χ2n) is 7.14. The van der Waals surface area contributed by atoms with Crippen molar-refractivity contribution in [1.82, 2.24) is 0 Å². The summed E-state index contributed by atoms with van der Waals surface area (Å²) in [6.45, 7) is 5.78. The third-order valence-corrected chi connectivity index (χ3v) is 5.87. The molecule has 0 aliphatic rings. The minimum absolute atomic E-state index is 0.0531. The van der Waals surface area contributed by atoms with Crippen molar-refractivity contribution in [2.75, 3.05) is 17.1 Å². The van der Waals surface area contributed by atoms with Crippen LogP contribution in [0, 0.1) is 11.5 Å². The van der Waals surface area contributed by atoms with E-state index in [1.165, 1.54) is 24.3 Å². The molecule has 0 heterocycles. The summed E-state index contributed by atoms with van der Waals surface area (Å²) in [5, 5.41) is 2.86. The van der Waals surface area contributed by atoms with Gasteiger partial charge in [-0.2, -0.15) is 13.2 Å². The van der Waals surface area contributed by atoms with Crippen LogP contribution in [0.1, 0.15) is 11.1 Å². The molecule has 0 spiro atoms. The lowest BCUT2D eigenvalue weighted by Gasteiger charge is -2.14. The van der Waals surface area contributed by atoms with Gasteiger partial charge in [-0.05, 0) is 42.5 Å². The molecule has 0 fully saturated rings. The van der Waals surface area contributed by atoms with Crippen molar-refractivity contribution in [2.24, 2.45) is 0 Å². The van der Waals surface area contributed by atoms with Crippen LogP contribution in [0.25, 0.3) is 0 Å². The van der Waals surface area contributed by atoms with Crippen molar-refractivity contribution in [3.8, 4) is 11.5 Å². The van der Waals surface area contributed by atoms with Gasteiger partial charge in [-0.3, -0.25) is 4.72 Å². The van der Waals surface area contributed by atoms with Gasteiger partial charge in [0.1, 0.15) is 8.07 Å². The van der Waals surface area contributed by atoms with Crippen LogP contribution in [0.3, 0.4) is 0 Å². The molecule has 0 aliphatic carbocycles. The topological polar surface area (TPSA) is 58.2 Å². The van der Waals surface area contributed by atoms with E-state index in [1.807, 2.05) is 19.6 Å². The Morgan fingerprint density at radius 1 is 0.964 bits per heavy atom. The fourth-order valence-corrected chi connectivity index (χ4v) is 3.78. The minimum Gasteiger partial charge on any atom is -0.388 e. The Kier molecular flexibility index (Phi) is 6.16. The SMILES string of the molecule is CNc1ccc(S(=O)(=O)Nc2ccc(C#C[Si](C)(C)C)c(C(F)(F)F)c2)cc1. The minimum atomic E-state index is -4.65. The molecule has 0 bridgehead atoms. The highest BCUT2D eigenvalue weighted by atomic mass is 32.2. The summed E-state index contributed by atoms with van der Waals surface area (Å²) in [6, 6.07) is 9.10. The maximum absolute atomic E-state index is 13.4. The standard InChI is InChI=1S/C19H21F3N2O2SSi/c1-23-15-7-9-17(10-8-15)27(25,26)24-16-6-5-14(11-12-28(2,3)4)18(13-16)19(20,21)22/h5-10,13,23-24H,1-4H3. The Labute approximate surface area is 164 Å². The summed E-state index contributed by atoms with van der Waals surface area (Å²) in [5.41, 5.74) is 2.30. The molecular formula is C19H21F3N2O2SSi. The second-order valence-corrected chi connectivity index (χ2v) is 13.6. The predicted octanol–water partition coefficient (Wildman–Crippen LogP) is 4.78. The Bertz CT molecular complexity index is 1020. The van der Waals surface area contributed by atoms with Gasteiger partial charge in [0.15, 0.2) is 0 Å². The Hall–Kier alpha value is -2.44. The van der Waals surface area contributed by atoms with E-state index in [9.17, 15) is 21.6 Å². The molecule has 0 unspecified atom stereocenters. The molecule has 4 nitrogen and oxygen atoms in total. The molecule has 0 amide bonds. The highest BCUT2D eigenvalue weighted by Gasteiger charge is 2.34. The first-order chi connectivity index (χ1) is 12.8. The van der Waals surface area contributed by atoms with E-state index in [0.717, 1.165) is 6.07 Å². The highest BCUT2D eigenvalue weighted by molar-refractivity contribution is 7.92. The maximum Gasteiger partial charge on any atom is 0.417 e. The van der Waals surface area contributed by atoms with E-state index in [2.05, 4.69) is 21.5 Å². The van der Waals surface area contributed by atoms with Gasteiger partial charge in [0.2, 0.25) is 0 Å². The molecule has 2 aromatic rings. The van der Waals surface area contributed by atoms with Crippen molar-refractivity contribution in [1.29, 1.82) is 0 Å². The summed E-state index contributed by atoms with van der Waals surface area (Å²) in [6.07, 6.45) is -4.65. The molecule has 0 atom stereocenters. The van der Waals surface area contributed by atoms with E-state index >= 15 is 0 Å². The van der Waals surface area contributed by atoms with Gasteiger partial charge in [0, 0.05) is 24.0 Å². The number of hydrogen-bond acceptors (Lipinski definition) is 3. The molecule has 0 saturated carbocycles. The lowest BCUT2D eigenvalue weighted by atomic mass is 10.1. The fraction of sp³-hybridized carbons (Fsp3) is 0.263. The molecule has 0 radical (unpaired) electrons. The average Bonchev–Trinajstić information content (AvgIpc) is 2.59. The van der Waals surface area contributed by atoms with Gasteiger partial charge in [-0.15, -0.1) is 5.54 Å². The van der Waals surface area contributed by atoms with Crippen LogP contribution in [0.5, 0.6) is 0 Å². The van der Waals surface area contributed by atoms with E-state index in [-0.39, 0.29) is 16.1 Å². The van der Waals surface area contributed by atoms with Crippen LogP contribution in [-0.2, 0) is 16.2 Å². The highest BCUT2D eigenvalue weighted by Crippen LogP contribution is 2.34. The number of hydrogen-bond donors (Lipinski definition) is 2. The predicted molar refractivity (Wildman–Crippen MR) is 108 cm³/mol. The Balaban J connectivity index is 2.41. The summed E-state index contributed by atoms with van der Waals surface area (Å²) in [7, 11) is -4.21. The van der Waals surface area contributed by atoms with Gasteiger partial charge in [0.05, 0.1) is 10.5 Å². The largest absolute Gasteiger partial charge is 0.417 e. The Morgan fingerprint density at radius 3 is 2.04 bits per heavy atom. The zero-order valence-electron chi connectivity index (χ0n) is 15.9. The first kappa shape index (κ1) is 21.9. The molecule has 2 aromatic carbocycles. The van der Waals surface area contributed by atoms with E-state index in [0.29, 0.717) is 5.69 Å². The Morgan fingerprint density at radius 2 is 1.54 bits per heavy atom. The normalized spacial score (nSPS) is 12.1. The second kappa shape index (κ2) is 7.89. The summed E-state index contributed by atoms with van der Waals surface area (Å²) in [5.74, 6) is 2.60. The van der Waals surface area contributed by atoms with Gasteiger partial charge in [0.25, 0.3) is 10.0 Å². The molecule has 28 heavy (non-hydrogen) atoms. The molecule has 2 rings (SSSR count). The lowest BCUT2D eigenvalue weighted by Crippen LogP contribution is -2.17. The number of nitrogens with one attached hydrogen (secondary N) is 2. The number of halogens is 3. The van der Waals surface area contributed by atoms with Crippen molar-refractivity contribution >= 4 is 29.5 Å². The lowest BCUT2D eigenvalue weighted by molar-refractivity contribution is -0.137. The quantitative estimate of drug-likeness (QED) is 0.547. The molecule has 9 heteroatoms. The molecule has 150 valence electrons. The van der Waals surface area contributed by atoms with Crippen molar-refractivity contribution in [3.05, 3.63) is 53.6 Å². The average molecular weight is 427 g/mol. The van der Waals surface area contributed by atoms with Crippen LogP contribution in [-0.4, -0.2) is 23.5 Å². The number of sulfonamides is 1. The number of rotatable bonds is 4. The fourth-order valence-electron chi connectivity index (χ4n) is 2.22. The molecule has 0 aromatic heterocycles. The third kappa shape index (κ3) is 5.78. The smallest absolute Gasteiger partial charge is 0.388 e. The van der Waals surface area contributed by atoms with Crippen molar-refractivity contribution < 1.29 is 21.6 Å². The molecule has 0 aliphatic heterocycles. The van der Waals surface area contributed by atoms with Crippen LogP contribution in [0.2, 0.25) is 19.6 Å². The number of alkyl halides is 3. The van der Waals surface area contributed by atoms with E-state index in [1.54, 1.807) is 19.2 Å². The third-order valence-electron chi connectivity index (χ3n) is 3.60. The van der Waals surface area contributed by atoms with E-state index in [4.69, 9.17) is 0 Å². The summed E-state index contributed by atoms with van der Waals surface area (Å²) in [4.78, 5) is -0.0531. The molecule has 0 saturated heterocycles. The molecular weight excluding hydrogens is 405 g/mol. The van der Waals surface area contributed by atoms with Gasteiger partial charge >= 0.3 is 6.18 Å². The van der Waals surface area contributed by atoms with Crippen LogP contribution in [0.4, 0.5) is 24.5 Å². The van der Waals surface area contributed by atoms with Crippen LogP contribution in [0.15, 0.2) is 47.4 Å². The van der Waals surface area contributed by atoms with Gasteiger partial charge < -0.3 is 5.32 Å². The first-order valence-electron chi connectivity index (χ1n) is 8.37. The molecule has 2 N–H and O–H groups in total. The van der Waals surface area contributed by atoms with Crippen LogP contribution >= 0.6 is 0 Å². The zero-order valence-corrected chi connectivity index (χ0v) is 17.7. The number of anilines is 2. The van der Waals surface area contributed by atoms with Gasteiger partial charge in [-0.25, -0.2) is 8.42 Å². The van der Waals surface area contributed by atoms with Gasteiger partial charge in [-0.1, -0.05) is 25.6 Å². The summed E-state index contributed by atoms with van der Waals surface area (Å²) < 4.78 is 67.5.